The summed E-state index contributed by atoms with van der Waals surface area (Å²) in [7, 11) is 9.48. The highest BCUT2D eigenvalue weighted by molar-refractivity contribution is 6.31. The highest BCUT2D eigenvalue weighted by Gasteiger charge is 2.26. The fourth-order valence-electron chi connectivity index (χ4n) is 6.59. The Morgan fingerprint density at radius 1 is 0.596 bits per heavy atom. The largest absolute Gasteiger partial charge is 0.493 e. The van der Waals surface area contributed by atoms with Crippen molar-refractivity contribution in [3.8, 4) is 68.6 Å². The molecule has 302 valence electrons. The van der Waals surface area contributed by atoms with Crippen LogP contribution in [0.2, 0.25) is 5.02 Å². The van der Waals surface area contributed by atoms with Gasteiger partial charge in [0, 0.05) is 27.9 Å². The zero-order valence-electron chi connectivity index (χ0n) is 33.0. The van der Waals surface area contributed by atoms with E-state index in [9.17, 15) is 4.79 Å². The van der Waals surface area contributed by atoms with Crippen molar-refractivity contribution in [1.82, 2.24) is 10.5 Å². The molecule has 1 unspecified atom stereocenters. The predicted molar refractivity (Wildman–Crippen MR) is 217 cm³/mol. The van der Waals surface area contributed by atoms with Gasteiger partial charge in [-0.15, -0.1) is 0 Å². The molecule has 0 aliphatic carbocycles. The number of ether oxygens (including phenoxy) is 8. The fraction of sp³-hybridized carbons (Fsp3) is 0.349. The molecular weight excluding hydrogens is 754 g/mol. The van der Waals surface area contributed by atoms with E-state index >= 15 is 0 Å². The van der Waals surface area contributed by atoms with Crippen LogP contribution in [0.15, 0.2) is 71.3 Å². The van der Waals surface area contributed by atoms with Crippen LogP contribution in [0.3, 0.4) is 0 Å². The van der Waals surface area contributed by atoms with E-state index in [2.05, 4.69) is 15.8 Å². The molecule has 0 saturated carbocycles. The van der Waals surface area contributed by atoms with Gasteiger partial charge in [-0.05, 0) is 73.0 Å². The number of benzene rings is 4. The molecule has 1 aliphatic rings. The minimum atomic E-state index is -0.410. The minimum absolute atomic E-state index is 0.191. The van der Waals surface area contributed by atoms with Crippen molar-refractivity contribution in [3.05, 3.63) is 82.9 Å². The highest BCUT2D eigenvalue weighted by Crippen LogP contribution is 2.44. The summed E-state index contributed by atoms with van der Waals surface area (Å²) in [5.74, 6) is 4.69. The number of aromatic nitrogens is 1. The third kappa shape index (κ3) is 9.54. The molecule has 14 heteroatoms. The van der Waals surface area contributed by atoms with E-state index in [0.29, 0.717) is 86.8 Å². The second kappa shape index (κ2) is 19.3. The molecule has 4 aromatic carbocycles. The van der Waals surface area contributed by atoms with Gasteiger partial charge in [0.1, 0.15) is 11.9 Å². The Bertz CT molecular complexity index is 2110. The number of anilines is 1. The molecule has 0 spiro atoms. The van der Waals surface area contributed by atoms with Gasteiger partial charge in [-0.2, -0.15) is 0 Å². The van der Waals surface area contributed by atoms with Crippen molar-refractivity contribution in [2.45, 2.75) is 44.7 Å². The molecule has 1 aliphatic heterocycles. The van der Waals surface area contributed by atoms with Crippen molar-refractivity contribution in [1.29, 1.82) is 0 Å². The third-order valence-corrected chi connectivity index (χ3v) is 9.82. The lowest BCUT2D eigenvalue weighted by Gasteiger charge is -2.28. The van der Waals surface area contributed by atoms with Crippen molar-refractivity contribution < 1.29 is 47.2 Å². The summed E-state index contributed by atoms with van der Waals surface area (Å²) >= 11 is 6.07. The highest BCUT2D eigenvalue weighted by atomic mass is 35.5. The number of hydrogen-bond acceptors (Lipinski definition) is 12. The lowest BCUT2D eigenvalue weighted by atomic mass is 10.1. The number of rotatable bonds is 20. The number of amides is 1. The van der Waals surface area contributed by atoms with E-state index in [1.165, 1.54) is 0 Å². The first-order valence-corrected chi connectivity index (χ1v) is 19.0. The van der Waals surface area contributed by atoms with E-state index in [1.807, 2.05) is 48.5 Å². The Balaban J connectivity index is 0.939. The van der Waals surface area contributed by atoms with Crippen LogP contribution in [0.5, 0.6) is 46.0 Å². The van der Waals surface area contributed by atoms with Gasteiger partial charge in [-0.25, -0.2) is 0 Å². The first-order valence-electron chi connectivity index (χ1n) is 18.6. The molecule has 2 heterocycles. The van der Waals surface area contributed by atoms with Gasteiger partial charge < -0.3 is 53.1 Å². The molecule has 0 bridgehead atoms. The first kappa shape index (κ1) is 40.7. The molecule has 2 N–H and O–H groups in total. The van der Waals surface area contributed by atoms with Crippen LogP contribution in [0.1, 0.15) is 60.6 Å². The number of unbranched alkanes of at least 4 members (excludes halogenated alkanes) is 5. The quantitative estimate of drug-likeness (QED) is 0.0725. The third-order valence-electron chi connectivity index (χ3n) is 9.58. The summed E-state index contributed by atoms with van der Waals surface area (Å²) in [4.78, 5) is 12.7. The molecular formula is C43H48ClN3O10. The van der Waals surface area contributed by atoms with Crippen molar-refractivity contribution in [2.75, 3.05) is 61.2 Å². The second-order valence-electron chi connectivity index (χ2n) is 13.2. The van der Waals surface area contributed by atoms with Crippen molar-refractivity contribution >= 4 is 23.2 Å². The molecule has 5 aromatic rings. The molecule has 1 amide bonds. The Labute approximate surface area is 337 Å². The van der Waals surface area contributed by atoms with Crippen LogP contribution in [-0.2, 0) is 0 Å². The van der Waals surface area contributed by atoms with Gasteiger partial charge in [-0.1, -0.05) is 48.5 Å². The van der Waals surface area contributed by atoms with Crippen LogP contribution in [-0.4, -0.2) is 66.9 Å². The summed E-state index contributed by atoms with van der Waals surface area (Å²) in [6.45, 7) is 1.08. The number of nitrogens with one attached hydrogen (secondary N) is 2. The molecule has 13 nitrogen and oxygen atoms in total. The van der Waals surface area contributed by atoms with E-state index in [0.717, 1.165) is 55.3 Å². The topological polar surface area (TPSA) is 141 Å². The zero-order chi connectivity index (χ0) is 40.3. The number of carbonyl (C=O) groups is 1. The molecule has 1 atom stereocenters. The van der Waals surface area contributed by atoms with E-state index in [1.54, 1.807) is 60.9 Å². The lowest BCUT2D eigenvalue weighted by molar-refractivity contribution is 0.0935. The summed E-state index contributed by atoms with van der Waals surface area (Å²) in [6, 6.07) is 20.0. The summed E-state index contributed by atoms with van der Waals surface area (Å²) in [5.41, 5.74) is 4.12. The summed E-state index contributed by atoms with van der Waals surface area (Å²) in [6.07, 6.45) is 5.59. The van der Waals surface area contributed by atoms with E-state index < -0.39 is 6.17 Å². The number of hydrogen-bond donors (Lipinski definition) is 2. The molecule has 0 fully saturated rings. The average Bonchev–Trinajstić information content (AvgIpc) is 3.74. The van der Waals surface area contributed by atoms with Crippen molar-refractivity contribution in [2.24, 2.45) is 0 Å². The summed E-state index contributed by atoms with van der Waals surface area (Å²) < 4.78 is 51.4. The molecule has 57 heavy (non-hydrogen) atoms. The smallest absolute Gasteiger partial charge is 0.255 e. The Hall–Kier alpha value is -5.95. The molecule has 1 aromatic heterocycles. The molecule has 6 rings (SSSR count). The monoisotopic (exact) mass is 801 g/mol. The number of halogens is 1. The maximum absolute atomic E-state index is 12.7. The molecule has 0 radical (unpaired) electrons. The SMILES string of the molecule is COc1cc(C2NC(=O)c3cc(Cl)ccc3N2)ccc1OCCCCCCCCOc1c(OC)cc(-c2cc(-c3cc(OC)c(OC)c(OC)c3)no2)cc1OC. The van der Waals surface area contributed by atoms with Gasteiger partial charge in [-0.3, -0.25) is 4.79 Å². The van der Waals surface area contributed by atoms with Crippen LogP contribution < -0.4 is 48.5 Å². The number of nitrogens with zero attached hydrogens (tertiary/aromatic N) is 1. The van der Waals surface area contributed by atoms with Crippen LogP contribution >= 0.6 is 11.6 Å². The Kier molecular flexibility index (Phi) is 13.8. The average molecular weight is 802 g/mol. The first-order chi connectivity index (χ1) is 27.8. The fourth-order valence-corrected chi connectivity index (χ4v) is 6.76. The second-order valence-corrected chi connectivity index (χ2v) is 13.6. The lowest BCUT2D eigenvalue weighted by Crippen LogP contribution is -2.38. The zero-order valence-corrected chi connectivity index (χ0v) is 33.7. The van der Waals surface area contributed by atoms with Crippen LogP contribution in [0.25, 0.3) is 22.6 Å². The van der Waals surface area contributed by atoms with E-state index in [4.69, 9.17) is 54.0 Å². The van der Waals surface area contributed by atoms with Crippen molar-refractivity contribution in [3.63, 3.8) is 0 Å². The summed E-state index contributed by atoms with van der Waals surface area (Å²) in [5, 5.41) is 11.1. The maximum Gasteiger partial charge on any atom is 0.255 e. The number of methoxy groups -OCH3 is 6. The number of fused-ring (bicyclic) bond motifs is 1. The predicted octanol–water partition coefficient (Wildman–Crippen LogP) is 9.37. The molecule has 0 saturated heterocycles. The maximum atomic E-state index is 12.7. The van der Waals surface area contributed by atoms with Gasteiger partial charge in [0.2, 0.25) is 11.5 Å². The number of carbonyl (C=O) groups excluding carboxylic acids is 1. The Morgan fingerprint density at radius 2 is 1.19 bits per heavy atom. The minimum Gasteiger partial charge on any atom is -0.493 e. The Morgan fingerprint density at radius 3 is 1.82 bits per heavy atom. The van der Waals surface area contributed by atoms with Gasteiger partial charge >= 0.3 is 0 Å². The standard InChI is InChI=1S/C43H48ClN3O10/c1-49-35-19-26(42-45-31-15-14-29(44)24-30(31)43(48)46-42)13-16-33(35)55-17-11-9-7-8-10-12-18-56-41-38(52-4)22-28(23-39(41)53-5)34-25-32(47-57-34)27-20-36(50-2)40(54-6)37(21-27)51-3/h13-16,19-25,42,45H,7-12,17-18H2,1-6H3,(H,46,48). The van der Waals surface area contributed by atoms with E-state index in [-0.39, 0.29) is 5.91 Å². The van der Waals surface area contributed by atoms with Gasteiger partial charge in [0.15, 0.2) is 40.3 Å². The normalized spacial score (nSPS) is 13.2. The van der Waals surface area contributed by atoms with Gasteiger partial charge in [0.05, 0.1) is 61.4 Å². The van der Waals surface area contributed by atoms with Crippen LogP contribution in [0, 0.1) is 0 Å². The van der Waals surface area contributed by atoms with Gasteiger partial charge in [0.25, 0.3) is 5.91 Å². The van der Waals surface area contributed by atoms with Crippen LogP contribution in [0.4, 0.5) is 5.69 Å².